The number of rotatable bonds is 4. The average Bonchev–Trinajstić information content (AvgIpc) is 3.37. The summed E-state index contributed by atoms with van der Waals surface area (Å²) in [5, 5.41) is 8.24. The van der Waals surface area contributed by atoms with Crippen LogP contribution < -0.4 is 16.0 Å². The van der Waals surface area contributed by atoms with E-state index in [4.69, 9.17) is 0 Å². The molecular weight excluding hydrogens is 402 g/mol. The molecule has 2 aliphatic rings. The SMILES string of the molecule is CNC(=O)c1cccc(C2=C3C(=O)NC(c4ccc(-c5ccccc5)cc4)=C3C(=O)N2)c1. The Morgan fingerprint density at radius 2 is 1.19 bits per heavy atom. The van der Waals surface area contributed by atoms with Crippen molar-refractivity contribution in [1.82, 2.24) is 16.0 Å². The highest BCUT2D eigenvalue weighted by Gasteiger charge is 2.40. The Hall–Kier alpha value is -4.45. The predicted octanol–water partition coefficient (Wildman–Crippen LogP) is 3.10. The van der Waals surface area contributed by atoms with Crippen LogP contribution in [0.1, 0.15) is 21.5 Å². The fourth-order valence-electron chi connectivity index (χ4n) is 4.03. The fourth-order valence-corrected chi connectivity index (χ4v) is 4.03. The standard InChI is InChI=1S/C26H19N3O3/c1-27-24(30)19-9-5-8-18(14-19)23-21-20(25(31)29-23)22(28-26(21)32)17-12-10-16(11-13-17)15-6-3-2-4-7-15/h2-14H,1H3,(H,27,30)(H,28,32)(H,29,31). The molecule has 0 aromatic heterocycles. The molecule has 0 saturated carbocycles. The molecule has 0 spiro atoms. The minimum Gasteiger partial charge on any atom is -0.355 e. The minimum absolute atomic E-state index is 0.243. The first-order valence-electron chi connectivity index (χ1n) is 10.2. The predicted molar refractivity (Wildman–Crippen MR) is 122 cm³/mol. The lowest BCUT2D eigenvalue weighted by atomic mass is 9.99. The van der Waals surface area contributed by atoms with Gasteiger partial charge < -0.3 is 16.0 Å². The van der Waals surface area contributed by atoms with Crippen molar-refractivity contribution >= 4 is 29.1 Å². The number of nitrogens with one attached hydrogen (secondary N) is 3. The summed E-state index contributed by atoms with van der Waals surface area (Å²) in [7, 11) is 1.55. The molecule has 32 heavy (non-hydrogen) atoms. The lowest BCUT2D eigenvalue weighted by Crippen LogP contribution is -2.22. The first-order valence-corrected chi connectivity index (χ1v) is 10.2. The zero-order valence-electron chi connectivity index (χ0n) is 17.2. The van der Waals surface area contributed by atoms with Crippen LogP contribution in [0.3, 0.4) is 0 Å². The molecule has 0 aliphatic carbocycles. The number of carbonyl (C=O) groups is 3. The van der Waals surface area contributed by atoms with Crippen LogP contribution in [0.2, 0.25) is 0 Å². The van der Waals surface area contributed by atoms with Crippen molar-refractivity contribution in [2.75, 3.05) is 7.05 Å². The van der Waals surface area contributed by atoms with Crippen molar-refractivity contribution in [2.45, 2.75) is 0 Å². The molecule has 6 nitrogen and oxygen atoms in total. The number of hydrogen-bond acceptors (Lipinski definition) is 3. The summed E-state index contributed by atoms with van der Waals surface area (Å²) >= 11 is 0. The third-order valence-electron chi connectivity index (χ3n) is 5.60. The van der Waals surface area contributed by atoms with Crippen molar-refractivity contribution in [3.8, 4) is 11.1 Å². The largest absolute Gasteiger partial charge is 0.355 e. The van der Waals surface area contributed by atoms with Crippen molar-refractivity contribution in [2.24, 2.45) is 0 Å². The van der Waals surface area contributed by atoms with Gasteiger partial charge in [-0.05, 0) is 34.4 Å². The Morgan fingerprint density at radius 3 is 1.81 bits per heavy atom. The number of amides is 3. The van der Waals surface area contributed by atoms with Crippen molar-refractivity contribution < 1.29 is 14.4 Å². The maximum atomic E-state index is 12.9. The van der Waals surface area contributed by atoms with Gasteiger partial charge in [-0.15, -0.1) is 0 Å². The van der Waals surface area contributed by atoms with Gasteiger partial charge in [0.15, 0.2) is 0 Å². The molecule has 3 aromatic rings. The zero-order chi connectivity index (χ0) is 22.2. The minimum atomic E-state index is -0.346. The van der Waals surface area contributed by atoms with Crippen LogP contribution in [0.5, 0.6) is 0 Å². The van der Waals surface area contributed by atoms with Crippen molar-refractivity contribution in [1.29, 1.82) is 0 Å². The molecule has 0 saturated heterocycles. The number of fused-ring (bicyclic) bond motifs is 1. The average molecular weight is 421 g/mol. The second-order valence-electron chi connectivity index (χ2n) is 7.51. The van der Waals surface area contributed by atoms with Crippen LogP contribution in [0.25, 0.3) is 22.5 Å². The molecule has 5 rings (SSSR count). The highest BCUT2D eigenvalue weighted by Crippen LogP contribution is 2.37. The molecule has 0 radical (unpaired) electrons. The fraction of sp³-hybridized carbons (Fsp3) is 0.0385. The van der Waals surface area contributed by atoms with E-state index in [0.29, 0.717) is 33.7 Å². The lowest BCUT2D eigenvalue weighted by molar-refractivity contribution is -0.117. The Kier molecular flexibility index (Phi) is 4.67. The first kappa shape index (κ1) is 19.5. The molecule has 6 heteroatoms. The Bertz CT molecular complexity index is 1340. The van der Waals surface area contributed by atoms with E-state index < -0.39 is 0 Å². The summed E-state index contributed by atoms with van der Waals surface area (Å²) in [5.74, 6) is -0.936. The molecule has 2 heterocycles. The molecule has 3 aromatic carbocycles. The summed E-state index contributed by atoms with van der Waals surface area (Å²) < 4.78 is 0. The maximum Gasteiger partial charge on any atom is 0.258 e. The van der Waals surface area contributed by atoms with Crippen molar-refractivity contribution in [3.63, 3.8) is 0 Å². The Morgan fingerprint density at radius 1 is 0.656 bits per heavy atom. The topological polar surface area (TPSA) is 87.3 Å². The van der Waals surface area contributed by atoms with E-state index in [-0.39, 0.29) is 17.7 Å². The van der Waals surface area contributed by atoms with E-state index in [1.807, 2.05) is 54.6 Å². The van der Waals surface area contributed by atoms with E-state index in [1.165, 1.54) is 0 Å². The molecule has 3 N–H and O–H groups in total. The molecule has 2 aliphatic heterocycles. The third-order valence-corrected chi connectivity index (χ3v) is 5.60. The number of benzene rings is 3. The van der Waals surface area contributed by atoms with Crippen LogP contribution >= 0.6 is 0 Å². The second kappa shape index (κ2) is 7.67. The normalized spacial score (nSPS) is 14.9. The van der Waals surface area contributed by atoms with E-state index in [9.17, 15) is 14.4 Å². The summed E-state index contributed by atoms with van der Waals surface area (Å²) in [6.45, 7) is 0. The van der Waals surface area contributed by atoms with Crippen LogP contribution in [0.15, 0.2) is 90.0 Å². The van der Waals surface area contributed by atoms with Crippen LogP contribution in [0, 0.1) is 0 Å². The van der Waals surface area contributed by atoms with Gasteiger partial charge in [-0.3, -0.25) is 14.4 Å². The quantitative estimate of drug-likeness (QED) is 0.605. The zero-order valence-corrected chi connectivity index (χ0v) is 17.2. The highest BCUT2D eigenvalue weighted by molar-refractivity contribution is 6.30. The summed E-state index contributed by atoms with van der Waals surface area (Å²) in [6.07, 6.45) is 0. The van der Waals surface area contributed by atoms with Gasteiger partial charge in [0.25, 0.3) is 17.7 Å². The van der Waals surface area contributed by atoms with Gasteiger partial charge in [-0.25, -0.2) is 0 Å². The number of carbonyl (C=O) groups excluding carboxylic acids is 3. The Balaban J connectivity index is 1.56. The van der Waals surface area contributed by atoms with Gasteiger partial charge in [0.1, 0.15) is 0 Å². The van der Waals surface area contributed by atoms with E-state index in [1.54, 1.807) is 31.3 Å². The van der Waals surface area contributed by atoms with Gasteiger partial charge in [0, 0.05) is 12.6 Å². The van der Waals surface area contributed by atoms with Crippen LogP contribution in [0.4, 0.5) is 0 Å². The molecule has 0 bridgehead atoms. The van der Waals surface area contributed by atoms with Crippen LogP contribution in [-0.2, 0) is 9.59 Å². The van der Waals surface area contributed by atoms with Gasteiger partial charge in [0.2, 0.25) is 0 Å². The molecule has 3 amide bonds. The molecule has 0 fully saturated rings. The molecule has 0 atom stereocenters. The molecular formula is C26H19N3O3. The summed E-state index contributed by atoms with van der Waals surface area (Å²) in [5.41, 5.74) is 5.43. The maximum absolute atomic E-state index is 12.9. The van der Waals surface area contributed by atoms with Gasteiger partial charge in [-0.2, -0.15) is 0 Å². The van der Waals surface area contributed by atoms with Gasteiger partial charge in [-0.1, -0.05) is 66.7 Å². The van der Waals surface area contributed by atoms with E-state index in [2.05, 4.69) is 16.0 Å². The smallest absolute Gasteiger partial charge is 0.258 e. The number of hydrogen-bond donors (Lipinski definition) is 3. The lowest BCUT2D eigenvalue weighted by Gasteiger charge is -2.09. The van der Waals surface area contributed by atoms with E-state index >= 15 is 0 Å². The second-order valence-corrected chi connectivity index (χ2v) is 7.51. The highest BCUT2D eigenvalue weighted by atomic mass is 16.2. The first-order chi connectivity index (χ1) is 15.6. The monoisotopic (exact) mass is 421 g/mol. The van der Waals surface area contributed by atoms with Gasteiger partial charge >= 0.3 is 0 Å². The molecule has 156 valence electrons. The van der Waals surface area contributed by atoms with Crippen molar-refractivity contribution in [3.05, 3.63) is 107 Å². The summed E-state index contributed by atoms with van der Waals surface area (Å²) in [4.78, 5) is 37.7. The summed E-state index contributed by atoms with van der Waals surface area (Å²) in [6, 6.07) is 24.5. The third kappa shape index (κ3) is 3.18. The van der Waals surface area contributed by atoms with Crippen LogP contribution in [-0.4, -0.2) is 24.8 Å². The van der Waals surface area contributed by atoms with Gasteiger partial charge in [0.05, 0.1) is 22.5 Å². The molecule has 0 unspecified atom stereocenters. The Labute approximate surface area is 184 Å². The van der Waals surface area contributed by atoms with E-state index in [0.717, 1.165) is 16.7 Å².